The molecule has 0 aromatic carbocycles. The number of hydrogen-bond donors (Lipinski definition) is 0. The molecular formula is C6H10NO. The summed E-state index contributed by atoms with van der Waals surface area (Å²) < 4.78 is 0. The topological polar surface area (TPSA) is 20.3 Å². The van der Waals surface area contributed by atoms with Crippen molar-refractivity contribution in [3.05, 3.63) is 6.92 Å². The van der Waals surface area contributed by atoms with Gasteiger partial charge in [-0.25, -0.2) is 0 Å². The van der Waals surface area contributed by atoms with Crippen LogP contribution in [0.3, 0.4) is 0 Å². The second-order valence-electron chi connectivity index (χ2n) is 2.06. The summed E-state index contributed by atoms with van der Waals surface area (Å²) in [5, 5.41) is 0. The maximum atomic E-state index is 10.5. The van der Waals surface area contributed by atoms with E-state index in [1.807, 2.05) is 4.90 Å². The Labute approximate surface area is 49.5 Å². The van der Waals surface area contributed by atoms with E-state index in [0.29, 0.717) is 12.3 Å². The highest BCUT2D eigenvalue weighted by Gasteiger charge is 2.16. The smallest absolute Gasteiger partial charge is 0.148 e. The van der Waals surface area contributed by atoms with Crippen LogP contribution in [0.2, 0.25) is 0 Å². The molecule has 1 aliphatic heterocycles. The van der Waals surface area contributed by atoms with Crippen molar-refractivity contribution in [2.75, 3.05) is 19.6 Å². The fraction of sp³-hybridized carbons (Fsp3) is 0.667. The highest BCUT2D eigenvalue weighted by molar-refractivity contribution is 5.82. The van der Waals surface area contributed by atoms with E-state index in [0.717, 1.165) is 19.5 Å². The van der Waals surface area contributed by atoms with Crippen molar-refractivity contribution in [1.29, 1.82) is 0 Å². The lowest BCUT2D eigenvalue weighted by Gasteiger charge is -2.06. The number of carbonyl (C=O) groups is 1. The van der Waals surface area contributed by atoms with Crippen LogP contribution in [0.1, 0.15) is 6.42 Å². The molecule has 0 aliphatic carbocycles. The SMILES string of the molecule is [CH2]CN1CCC(=O)C1. The van der Waals surface area contributed by atoms with Crippen LogP contribution in [-0.2, 0) is 4.79 Å². The molecule has 0 saturated carbocycles. The molecule has 0 aromatic rings. The van der Waals surface area contributed by atoms with Crippen LogP contribution in [-0.4, -0.2) is 30.3 Å². The van der Waals surface area contributed by atoms with E-state index < -0.39 is 0 Å². The molecule has 2 nitrogen and oxygen atoms in total. The molecule has 0 atom stereocenters. The highest BCUT2D eigenvalue weighted by atomic mass is 16.1. The van der Waals surface area contributed by atoms with Gasteiger partial charge in [0.1, 0.15) is 5.78 Å². The van der Waals surface area contributed by atoms with Gasteiger partial charge in [0.25, 0.3) is 0 Å². The van der Waals surface area contributed by atoms with E-state index in [2.05, 4.69) is 6.92 Å². The summed E-state index contributed by atoms with van der Waals surface area (Å²) in [5.41, 5.74) is 0. The minimum absolute atomic E-state index is 0.355. The summed E-state index contributed by atoms with van der Waals surface area (Å²) in [4.78, 5) is 12.6. The monoisotopic (exact) mass is 112 g/mol. The average molecular weight is 112 g/mol. The summed E-state index contributed by atoms with van der Waals surface area (Å²) in [7, 11) is 0. The predicted octanol–water partition coefficient (Wildman–Crippen LogP) is 0.0953. The van der Waals surface area contributed by atoms with Crippen LogP contribution in [0.25, 0.3) is 0 Å². The molecule has 1 saturated heterocycles. The van der Waals surface area contributed by atoms with Gasteiger partial charge in [0.05, 0.1) is 6.54 Å². The first-order valence-electron chi connectivity index (χ1n) is 2.86. The Bertz CT molecular complexity index is 101. The van der Waals surface area contributed by atoms with Crippen molar-refractivity contribution < 1.29 is 4.79 Å². The molecule has 0 N–H and O–H groups in total. The Kier molecular flexibility index (Phi) is 1.63. The number of carbonyl (C=O) groups excluding carboxylic acids is 1. The van der Waals surface area contributed by atoms with Crippen molar-refractivity contribution in [1.82, 2.24) is 4.90 Å². The molecule has 1 aliphatic rings. The van der Waals surface area contributed by atoms with Crippen LogP contribution in [0.4, 0.5) is 0 Å². The molecule has 1 rings (SSSR count). The van der Waals surface area contributed by atoms with Crippen LogP contribution in [0.15, 0.2) is 0 Å². The van der Waals surface area contributed by atoms with Crippen molar-refractivity contribution in [2.24, 2.45) is 0 Å². The van der Waals surface area contributed by atoms with Gasteiger partial charge >= 0.3 is 0 Å². The van der Waals surface area contributed by atoms with Gasteiger partial charge in [0.2, 0.25) is 0 Å². The highest BCUT2D eigenvalue weighted by Crippen LogP contribution is 2.01. The molecule has 0 aromatic heterocycles. The van der Waals surface area contributed by atoms with E-state index in [4.69, 9.17) is 0 Å². The number of hydrogen-bond acceptors (Lipinski definition) is 2. The first-order chi connectivity index (χ1) is 3.83. The van der Waals surface area contributed by atoms with E-state index in [1.165, 1.54) is 0 Å². The Morgan fingerprint density at radius 2 is 2.50 bits per heavy atom. The lowest BCUT2D eigenvalue weighted by Crippen LogP contribution is -2.19. The summed E-state index contributed by atoms with van der Waals surface area (Å²) in [6, 6.07) is 0. The van der Waals surface area contributed by atoms with Gasteiger partial charge in [-0.15, -0.1) is 0 Å². The number of nitrogens with zero attached hydrogens (tertiary/aromatic N) is 1. The predicted molar refractivity (Wildman–Crippen MR) is 31.4 cm³/mol. The first-order valence-corrected chi connectivity index (χ1v) is 2.86. The van der Waals surface area contributed by atoms with Gasteiger partial charge in [-0.05, 0) is 13.5 Å². The van der Waals surface area contributed by atoms with Gasteiger partial charge in [-0.3, -0.25) is 9.69 Å². The maximum absolute atomic E-state index is 10.5. The fourth-order valence-corrected chi connectivity index (χ4v) is 0.881. The molecule has 1 heterocycles. The van der Waals surface area contributed by atoms with Crippen molar-refractivity contribution in [3.8, 4) is 0 Å². The lowest BCUT2D eigenvalue weighted by atomic mass is 10.4. The Morgan fingerprint density at radius 1 is 1.75 bits per heavy atom. The Hall–Kier alpha value is -0.370. The molecule has 45 valence electrons. The molecule has 2 heteroatoms. The average Bonchev–Trinajstić information content (AvgIpc) is 2.14. The molecule has 0 bridgehead atoms. The van der Waals surface area contributed by atoms with E-state index >= 15 is 0 Å². The fourth-order valence-electron chi connectivity index (χ4n) is 0.881. The minimum Gasteiger partial charge on any atom is -0.298 e. The van der Waals surface area contributed by atoms with Crippen LogP contribution in [0, 0.1) is 6.92 Å². The summed E-state index contributed by atoms with van der Waals surface area (Å²) in [5.74, 6) is 0.355. The number of ketones is 1. The van der Waals surface area contributed by atoms with Gasteiger partial charge in [0, 0.05) is 13.0 Å². The second-order valence-corrected chi connectivity index (χ2v) is 2.06. The third-order valence-corrected chi connectivity index (χ3v) is 1.42. The molecule has 0 amide bonds. The first kappa shape index (κ1) is 5.76. The number of rotatable bonds is 1. The van der Waals surface area contributed by atoms with Gasteiger partial charge in [-0.1, -0.05) is 0 Å². The quantitative estimate of drug-likeness (QED) is 0.479. The van der Waals surface area contributed by atoms with Crippen LogP contribution in [0.5, 0.6) is 0 Å². The van der Waals surface area contributed by atoms with Crippen molar-refractivity contribution >= 4 is 5.78 Å². The van der Waals surface area contributed by atoms with Gasteiger partial charge in [-0.2, -0.15) is 0 Å². The van der Waals surface area contributed by atoms with Crippen LogP contribution < -0.4 is 0 Å². The molecule has 1 radical (unpaired) electrons. The normalized spacial score (nSPS) is 22.4. The van der Waals surface area contributed by atoms with Gasteiger partial charge in [0.15, 0.2) is 0 Å². The van der Waals surface area contributed by atoms with Gasteiger partial charge < -0.3 is 0 Å². The van der Waals surface area contributed by atoms with Crippen molar-refractivity contribution in [3.63, 3.8) is 0 Å². The summed E-state index contributed by atoms with van der Waals surface area (Å²) in [6.45, 7) is 5.99. The third-order valence-electron chi connectivity index (χ3n) is 1.42. The second kappa shape index (κ2) is 2.27. The molecule has 1 fully saturated rings. The Morgan fingerprint density at radius 3 is 2.75 bits per heavy atom. The maximum Gasteiger partial charge on any atom is 0.148 e. The van der Waals surface area contributed by atoms with E-state index in [-0.39, 0.29) is 0 Å². The minimum atomic E-state index is 0.355. The zero-order valence-corrected chi connectivity index (χ0v) is 4.89. The molecular weight excluding hydrogens is 102 g/mol. The summed E-state index contributed by atoms with van der Waals surface area (Å²) in [6.07, 6.45) is 0.732. The zero-order chi connectivity index (χ0) is 5.98. The standard InChI is InChI=1S/C6H10NO/c1-2-7-4-3-6(8)5-7/h1-5H2. The van der Waals surface area contributed by atoms with Crippen LogP contribution >= 0.6 is 0 Å². The largest absolute Gasteiger partial charge is 0.298 e. The molecule has 0 unspecified atom stereocenters. The van der Waals surface area contributed by atoms with E-state index in [1.54, 1.807) is 0 Å². The third kappa shape index (κ3) is 1.07. The molecule has 0 spiro atoms. The zero-order valence-electron chi connectivity index (χ0n) is 4.89. The Balaban J connectivity index is 2.32. The van der Waals surface area contributed by atoms with E-state index in [9.17, 15) is 4.79 Å². The summed E-state index contributed by atoms with van der Waals surface area (Å²) >= 11 is 0. The number of likely N-dealkylation sites (tertiary alicyclic amines) is 1. The molecule has 8 heavy (non-hydrogen) atoms. The van der Waals surface area contributed by atoms with Crippen molar-refractivity contribution in [2.45, 2.75) is 6.42 Å². The number of Topliss-reactive ketones (excluding diaryl/α,β-unsaturated/α-hetero) is 1. The lowest BCUT2D eigenvalue weighted by molar-refractivity contribution is -0.116.